The number of aromatic nitrogens is 3. The Kier molecular flexibility index (Phi) is 2.01. The molecule has 0 fully saturated rings. The molecular formula is C6H11N3O. The van der Waals surface area contributed by atoms with Crippen LogP contribution in [0, 0.1) is 0 Å². The molecule has 0 unspecified atom stereocenters. The zero-order valence-corrected chi connectivity index (χ0v) is 6.15. The fourth-order valence-corrected chi connectivity index (χ4v) is 0.659. The van der Waals surface area contributed by atoms with E-state index in [9.17, 15) is 0 Å². The molecule has 0 aliphatic heterocycles. The summed E-state index contributed by atoms with van der Waals surface area (Å²) >= 11 is 0. The molecule has 0 aliphatic rings. The molecule has 56 valence electrons. The Morgan fingerprint density at radius 2 is 2.50 bits per heavy atom. The van der Waals surface area contributed by atoms with Gasteiger partial charge in [0.25, 0.3) is 0 Å². The molecule has 0 aliphatic carbocycles. The van der Waals surface area contributed by atoms with E-state index in [-0.39, 0.29) is 0 Å². The molecule has 1 N–H and O–H groups in total. The largest absolute Gasteiger partial charge is 0.387 e. The average Bonchev–Trinajstić information content (AvgIpc) is 2.34. The van der Waals surface area contributed by atoms with Crippen LogP contribution >= 0.6 is 0 Å². The second-order valence-electron chi connectivity index (χ2n) is 2.18. The van der Waals surface area contributed by atoms with Crippen molar-refractivity contribution in [2.45, 2.75) is 26.5 Å². The summed E-state index contributed by atoms with van der Waals surface area (Å²) in [5, 5.41) is 16.5. The van der Waals surface area contributed by atoms with E-state index in [0.717, 1.165) is 6.54 Å². The molecule has 1 heterocycles. The van der Waals surface area contributed by atoms with Crippen LogP contribution in [0.25, 0.3) is 0 Å². The molecule has 1 atom stereocenters. The van der Waals surface area contributed by atoms with Gasteiger partial charge in [0, 0.05) is 6.54 Å². The molecule has 0 saturated carbocycles. The van der Waals surface area contributed by atoms with Crippen molar-refractivity contribution in [3.05, 3.63) is 11.9 Å². The number of aryl methyl sites for hydroxylation is 1. The summed E-state index contributed by atoms with van der Waals surface area (Å²) in [4.78, 5) is 0. The molecule has 1 rings (SSSR count). The van der Waals surface area contributed by atoms with Crippen LogP contribution in [0.4, 0.5) is 0 Å². The van der Waals surface area contributed by atoms with Crippen LogP contribution in [-0.4, -0.2) is 20.1 Å². The van der Waals surface area contributed by atoms with Gasteiger partial charge in [-0.15, -0.1) is 5.10 Å². The van der Waals surface area contributed by atoms with Crippen LogP contribution in [-0.2, 0) is 6.54 Å². The molecule has 0 bridgehead atoms. The Labute approximate surface area is 59.5 Å². The lowest BCUT2D eigenvalue weighted by atomic mass is 10.3. The van der Waals surface area contributed by atoms with E-state index in [0.29, 0.717) is 5.69 Å². The predicted octanol–water partition coefficient (Wildman–Crippen LogP) is 0.351. The van der Waals surface area contributed by atoms with E-state index in [1.165, 1.54) is 0 Å². The van der Waals surface area contributed by atoms with Crippen LogP contribution in [0.2, 0.25) is 0 Å². The summed E-state index contributed by atoms with van der Waals surface area (Å²) in [7, 11) is 0. The van der Waals surface area contributed by atoms with Gasteiger partial charge in [-0.25, -0.2) is 0 Å². The van der Waals surface area contributed by atoms with Crippen LogP contribution in [0.3, 0.4) is 0 Å². The summed E-state index contributed by atoms with van der Waals surface area (Å²) in [6, 6.07) is 0. The highest BCUT2D eigenvalue weighted by atomic mass is 16.3. The molecule has 0 spiro atoms. The highest BCUT2D eigenvalue weighted by molar-refractivity contribution is 4.94. The second kappa shape index (κ2) is 2.79. The predicted molar refractivity (Wildman–Crippen MR) is 36.3 cm³/mol. The normalized spacial score (nSPS) is 13.5. The maximum Gasteiger partial charge on any atom is 0.111 e. The van der Waals surface area contributed by atoms with Crippen LogP contribution in [0.1, 0.15) is 25.6 Å². The second-order valence-corrected chi connectivity index (χ2v) is 2.18. The van der Waals surface area contributed by atoms with Crippen molar-refractivity contribution in [2.75, 3.05) is 0 Å². The Balaban J connectivity index is 2.78. The van der Waals surface area contributed by atoms with Gasteiger partial charge in [0.05, 0.1) is 12.3 Å². The van der Waals surface area contributed by atoms with Gasteiger partial charge in [-0.2, -0.15) is 0 Å². The number of hydrogen-bond acceptors (Lipinski definition) is 3. The summed E-state index contributed by atoms with van der Waals surface area (Å²) in [6.07, 6.45) is 1.23. The minimum Gasteiger partial charge on any atom is -0.387 e. The molecule has 0 amide bonds. The Morgan fingerprint density at radius 3 is 2.80 bits per heavy atom. The first-order chi connectivity index (χ1) is 4.74. The maximum absolute atomic E-state index is 9.02. The first kappa shape index (κ1) is 7.21. The number of nitrogens with zero attached hydrogens (tertiary/aromatic N) is 3. The standard InChI is InChI=1S/C6H11N3O/c1-3-9-4-6(5(2)10)7-8-9/h4-5,10H,3H2,1-2H3/t5-/m0/s1. The highest BCUT2D eigenvalue weighted by Crippen LogP contribution is 2.05. The third kappa shape index (κ3) is 1.33. The number of rotatable bonds is 2. The van der Waals surface area contributed by atoms with Gasteiger partial charge in [-0.1, -0.05) is 5.21 Å². The number of hydrogen-bond donors (Lipinski definition) is 1. The van der Waals surface area contributed by atoms with Gasteiger partial charge >= 0.3 is 0 Å². The average molecular weight is 141 g/mol. The molecule has 0 saturated heterocycles. The van der Waals surface area contributed by atoms with Crippen molar-refractivity contribution in [3.63, 3.8) is 0 Å². The fourth-order valence-electron chi connectivity index (χ4n) is 0.659. The smallest absolute Gasteiger partial charge is 0.111 e. The molecule has 0 radical (unpaired) electrons. The van der Waals surface area contributed by atoms with Crippen molar-refractivity contribution in [1.82, 2.24) is 15.0 Å². The van der Waals surface area contributed by atoms with Crippen molar-refractivity contribution in [3.8, 4) is 0 Å². The van der Waals surface area contributed by atoms with Crippen molar-refractivity contribution >= 4 is 0 Å². The lowest BCUT2D eigenvalue weighted by molar-refractivity contribution is 0.194. The molecule has 4 heteroatoms. The lowest BCUT2D eigenvalue weighted by Gasteiger charge is -1.93. The molecule has 1 aromatic heterocycles. The Hall–Kier alpha value is -0.900. The van der Waals surface area contributed by atoms with E-state index in [4.69, 9.17) is 5.11 Å². The van der Waals surface area contributed by atoms with Crippen molar-refractivity contribution < 1.29 is 5.11 Å². The van der Waals surface area contributed by atoms with Crippen LogP contribution in [0.5, 0.6) is 0 Å². The summed E-state index contributed by atoms with van der Waals surface area (Å²) in [5.41, 5.74) is 0.627. The first-order valence-corrected chi connectivity index (χ1v) is 3.32. The van der Waals surface area contributed by atoms with Gasteiger partial charge in [-0.3, -0.25) is 4.68 Å². The number of aliphatic hydroxyl groups is 1. The molecular weight excluding hydrogens is 130 g/mol. The van der Waals surface area contributed by atoms with E-state index >= 15 is 0 Å². The number of aliphatic hydroxyl groups excluding tert-OH is 1. The Morgan fingerprint density at radius 1 is 1.80 bits per heavy atom. The van der Waals surface area contributed by atoms with E-state index in [1.54, 1.807) is 17.8 Å². The molecule has 0 aromatic carbocycles. The molecule has 1 aromatic rings. The van der Waals surface area contributed by atoms with Gasteiger partial charge in [-0.05, 0) is 13.8 Å². The van der Waals surface area contributed by atoms with Crippen LogP contribution < -0.4 is 0 Å². The summed E-state index contributed by atoms with van der Waals surface area (Å²) in [5.74, 6) is 0. The lowest BCUT2D eigenvalue weighted by Crippen LogP contribution is -1.93. The fraction of sp³-hybridized carbons (Fsp3) is 0.667. The SMILES string of the molecule is CCn1cc([C@H](C)O)nn1. The summed E-state index contributed by atoms with van der Waals surface area (Å²) < 4.78 is 1.68. The van der Waals surface area contributed by atoms with Crippen molar-refractivity contribution in [2.24, 2.45) is 0 Å². The molecule has 4 nitrogen and oxygen atoms in total. The van der Waals surface area contributed by atoms with Crippen molar-refractivity contribution in [1.29, 1.82) is 0 Å². The van der Waals surface area contributed by atoms with Gasteiger partial charge in [0.1, 0.15) is 5.69 Å². The van der Waals surface area contributed by atoms with Crippen LogP contribution in [0.15, 0.2) is 6.20 Å². The van der Waals surface area contributed by atoms with Gasteiger partial charge in [0.15, 0.2) is 0 Å². The minimum absolute atomic E-state index is 0.514. The quantitative estimate of drug-likeness (QED) is 0.646. The third-order valence-corrected chi connectivity index (χ3v) is 1.31. The van der Waals surface area contributed by atoms with E-state index < -0.39 is 6.10 Å². The zero-order chi connectivity index (χ0) is 7.56. The van der Waals surface area contributed by atoms with Gasteiger partial charge < -0.3 is 5.11 Å². The summed E-state index contributed by atoms with van der Waals surface area (Å²) in [6.45, 7) is 4.43. The van der Waals surface area contributed by atoms with Gasteiger partial charge in [0.2, 0.25) is 0 Å². The Bertz CT molecular complexity index is 207. The topological polar surface area (TPSA) is 50.9 Å². The van der Waals surface area contributed by atoms with E-state index in [1.807, 2.05) is 6.92 Å². The maximum atomic E-state index is 9.02. The zero-order valence-electron chi connectivity index (χ0n) is 6.15. The minimum atomic E-state index is -0.514. The monoisotopic (exact) mass is 141 g/mol. The first-order valence-electron chi connectivity index (χ1n) is 3.32. The highest BCUT2D eigenvalue weighted by Gasteiger charge is 2.03. The third-order valence-electron chi connectivity index (χ3n) is 1.31. The molecule has 10 heavy (non-hydrogen) atoms. The van der Waals surface area contributed by atoms with E-state index in [2.05, 4.69) is 10.3 Å².